The van der Waals surface area contributed by atoms with E-state index >= 15 is 4.39 Å². The Morgan fingerprint density at radius 3 is 2.42 bits per heavy atom. The van der Waals surface area contributed by atoms with Crippen molar-refractivity contribution < 1.29 is 36.2 Å². The molecule has 1 aromatic rings. The second kappa shape index (κ2) is 5.40. The summed E-state index contributed by atoms with van der Waals surface area (Å²) >= 11 is 5.60. The van der Waals surface area contributed by atoms with Crippen molar-refractivity contribution in [1.82, 2.24) is 10.2 Å². The molecule has 1 heterocycles. The highest BCUT2D eigenvalue weighted by Crippen LogP contribution is 2.62. The molecular weight excluding hydrogens is 366 g/mol. The number of H-pyrrole nitrogens is 1. The van der Waals surface area contributed by atoms with Crippen molar-refractivity contribution in [2.45, 2.75) is 37.0 Å². The molecule has 0 aliphatic heterocycles. The van der Waals surface area contributed by atoms with Crippen LogP contribution in [0.4, 0.5) is 26.3 Å². The minimum Gasteiger partial charge on any atom is -0.481 e. The van der Waals surface area contributed by atoms with Gasteiger partial charge in [0.05, 0.1) is 5.69 Å². The Morgan fingerprint density at radius 1 is 1.46 bits per heavy atom. The standard InChI is InChI=1S/C13H11ClF6N2O2/c1-10(9(23)24)5-11(13(18,19)20,7-2-3-21-22-7)12(17,8(15)16)4-6(10)14/h2-4,8H,5H2,1H3,(H,21,22)(H,23,24). The molecule has 3 atom stereocenters. The molecule has 2 N–H and O–H groups in total. The number of rotatable bonds is 3. The molecule has 3 unspecified atom stereocenters. The fourth-order valence-corrected chi connectivity index (χ4v) is 3.20. The number of aromatic amines is 1. The summed E-state index contributed by atoms with van der Waals surface area (Å²) in [5.41, 5.74) is -11.7. The summed E-state index contributed by atoms with van der Waals surface area (Å²) in [6.07, 6.45) is -10.5. The maximum Gasteiger partial charge on any atom is 0.403 e. The largest absolute Gasteiger partial charge is 0.481 e. The number of hydrogen-bond acceptors (Lipinski definition) is 2. The van der Waals surface area contributed by atoms with Gasteiger partial charge in [-0.25, -0.2) is 13.2 Å². The minimum absolute atomic E-state index is 0.154. The van der Waals surface area contributed by atoms with Crippen LogP contribution in [0.15, 0.2) is 23.4 Å². The molecule has 0 saturated carbocycles. The van der Waals surface area contributed by atoms with E-state index in [9.17, 15) is 31.9 Å². The Hall–Kier alpha value is -1.71. The second-order valence-corrected chi connectivity index (χ2v) is 6.14. The number of nitrogens with zero attached hydrogens (tertiary/aromatic N) is 1. The van der Waals surface area contributed by atoms with Crippen molar-refractivity contribution in [3.8, 4) is 0 Å². The molecule has 0 bridgehead atoms. The normalized spacial score (nSPS) is 34.3. The zero-order valence-corrected chi connectivity index (χ0v) is 12.7. The van der Waals surface area contributed by atoms with E-state index in [0.29, 0.717) is 6.07 Å². The lowest BCUT2D eigenvalue weighted by molar-refractivity contribution is -0.253. The smallest absolute Gasteiger partial charge is 0.403 e. The van der Waals surface area contributed by atoms with Crippen LogP contribution in [0.5, 0.6) is 0 Å². The quantitative estimate of drug-likeness (QED) is 0.789. The predicted molar refractivity (Wildman–Crippen MR) is 70.5 cm³/mol. The van der Waals surface area contributed by atoms with Crippen LogP contribution in [0.25, 0.3) is 0 Å². The second-order valence-electron chi connectivity index (χ2n) is 5.74. The lowest BCUT2D eigenvalue weighted by Crippen LogP contribution is -2.65. The van der Waals surface area contributed by atoms with E-state index in [0.717, 1.165) is 13.1 Å². The molecule has 0 amide bonds. The number of nitrogens with one attached hydrogen (secondary N) is 1. The first-order chi connectivity index (χ1) is 10.8. The fraction of sp³-hybridized carbons (Fsp3) is 0.538. The van der Waals surface area contributed by atoms with Crippen LogP contribution in [0, 0.1) is 5.41 Å². The Balaban J connectivity index is 2.91. The van der Waals surface area contributed by atoms with Crippen molar-refractivity contribution in [2.75, 3.05) is 0 Å². The molecule has 4 nitrogen and oxygen atoms in total. The average Bonchev–Trinajstić information content (AvgIpc) is 2.95. The van der Waals surface area contributed by atoms with E-state index in [1.165, 1.54) is 0 Å². The summed E-state index contributed by atoms with van der Waals surface area (Å²) in [7, 11) is 0. The SMILES string of the molecule is CC1(C(=O)O)CC(c2cc[nH]n2)(C(F)(F)F)C(F)(C(F)F)C=C1Cl. The van der Waals surface area contributed by atoms with Crippen LogP contribution in [-0.2, 0) is 10.2 Å². The van der Waals surface area contributed by atoms with Gasteiger partial charge >= 0.3 is 12.1 Å². The van der Waals surface area contributed by atoms with Gasteiger partial charge in [0, 0.05) is 11.2 Å². The Kier molecular flexibility index (Phi) is 4.19. The van der Waals surface area contributed by atoms with E-state index in [4.69, 9.17) is 11.6 Å². The molecule has 0 aromatic carbocycles. The molecule has 0 spiro atoms. The fourth-order valence-electron chi connectivity index (χ4n) is 2.89. The van der Waals surface area contributed by atoms with E-state index in [1.807, 2.05) is 5.10 Å². The Labute approximate surface area is 136 Å². The van der Waals surface area contributed by atoms with Gasteiger partial charge in [0.25, 0.3) is 6.43 Å². The average molecular weight is 377 g/mol. The maximum absolute atomic E-state index is 15.1. The van der Waals surface area contributed by atoms with Crippen LogP contribution < -0.4 is 0 Å². The number of carboxylic acid groups (broad SMARTS) is 1. The molecule has 2 rings (SSSR count). The molecule has 134 valence electrons. The summed E-state index contributed by atoms with van der Waals surface area (Å²) < 4.78 is 83.4. The van der Waals surface area contributed by atoms with Gasteiger partial charge in [-0.3, -0.25) is 9.89 Å². The Morgan fingerprint density at radius 2 is 2.04 bits per heavy atom. The van der Waals surface area contributed by atoms with Crippen LogP contribution in [0.1, 0.15) is 19.0 Å². The van der Waals surface area contributed by atoms with Gasteiger partial charge in [0.2, 0.25) is 5.67 Å². The molecule has 0 fully saturated rings. The zero-order valence-electron chi connectivity index (χ0n) is 12.0. The number of halogens is 7. The highest BCUT2D eigenvalue weighted by molar-refractivity contribution is 6.32. The van der Waals surface area contributed by atoms with E-state index in [-0.39, 0.29) is 6.08 Å². The first-order valence-electron chi connectivity index (χ1n) is 6.49. The number of aromatic nitrogens is 2. The Bertz CT molecular complexity index is 677. The molecular formula is C13H11ClF6N2O2. The number of aliphatic carboxylic acids is 1. The van der Waals surface area contributed by atoms with E-state index < -0.39 is 52.2 Å². The van der Waals surface area contributed by atoms with Gasteiger partial charge in [0.15, 0.2) is 5.41 Å². The van der Waals surface area contributed by atoms with Crippen LogP contribution in [0.3, 0.4) is 0 Å². The summed E-state index contributed by atoms with van der Waals surface area (Å²) in [5, 5.41) is 13.5. The van der Waals surface area contributed by atoms with Gasteiger partial charge in [-0.1, -0.05) is 11.6 Å². The lowest BCUT2D eigenvalue weighted by atomic mass is 9.57. The molecule has 0 saturated heterocycles. The third-order valence-electron chi connectivity index (χ3n) is 4.35. The van der Waals surface area contributed by atoms with Crippen molar-refractivity contribution >= 4 is 17.6 Å². The van der Waals surface area contributed by atoms with Gasteiger partial charge in [-0.15, -0.1) is 0 Å². The third kappa shape index (κ3) is 2.22. The highest BCUT2D eigenvalue weighted by Gasteiger charge is 2.76. The summed E-state index contributed by atoms with van der Waals surface area (Å²) in [6, 6.07) is 0.680. The first-order valence-corrected chi connectivity index (χ1v) is 6.87. The van der Waals surface area contributed by atoms with Crippen LogP contribution >= 0.6 is 11.6 Å². The topological polar surface area (TPSA) is 66.0 Å². The van der Waals surface area contributed by atoms with Crippen molar-refractivity contribution in [3.05, 3.63) is 29.1 Å². The summed E-state index contributed by atoms with van der Waals surface area (Å²) in [6.45, 7) is 0.812. The monoisotopic (exact) mass is 376 g/mol. The van der Waals surface area contributed by atoms with Crippen LogP contribution in [-0.4, -0.2) is 39.5 Å². The maximum atomic E-state index is 15.1. The molecule has 1 aromatic heterocycles. The highest BCUT2D eigenvalue weighted by atomic mass is 35.5. The number of hydrogen-bond donors (Lipinski definition) is 2. The van der Waals surface area contributed by atoms with E-state index in [1.54, 1.807) is 0 Å². The van der Waals surface area contributed by atoms with E-state index in [2.05, 4.69) is 5.10 Å². The van der Waals surface area contributed by atoms with Gasteiger partial charge in [-0.05, 0) is 25.5 Å². The molecule has 0 radical (unpaired) electrons. The first kappa shape index (κ1) is 18.6. The van der Waals surface area contributed by atoms with Crippen molar-refractivity contribution in [3.63, 3.8) is 0 Å². The van der Waals surface area contributed by atoms with Gasteiger partial charge in [-0.2, -0.15) is 18.3 Å². The van der Waals surface area contributed by atoms with Crippen LogP contribution in [0.2, 0.25) is 0 Å². The van der Waals surface area contributed by atoms with Crippen molar-refractivity contribution in [1.29, 1.82) is 0 Å². The molecule has 24 heavy (non-hydrogen) atoms. The molecule has 1 aliphatic carbocycles. The lowest BCUT2D eigenvalue weighted by Gasteiger charge is -2.50. The molecule has 1 aliphatic rings. The number of alkyl halides is 6. The minimum atomic E-state index is -5.57. The zero-order chi connectivity index (χ0) is 18.6. The molecule has 11 heteroatoms. The third-order valence-corrected chi connectivity index (χ3v) is 4.87. The number of carboxylic acids is 1. The summed E-state index contributed by atoms with van der Waals surface area (Å²) in [4.78, 5) is 11.4. The summed E-state index contributed by atoms with van der Waals surface area (Å²) in [5.74, 6) is -1.80. The van der Waals surface area contributed by atoms with Crippen molar-refractivity contribution in [2.24, 2.45) is 5.41 Å². The number of carbonyl (C=O) groups is 1. The van der Waals surface area contributed by atoms with Gasteiger partial charge < -0.3 is 5.11 Å². The number of allylic oxidation sites excluding steroid dienone is 1. The predicted octanol–water partition coefficient (Wildman–Crippen LogP) is 3.80. The van der Waals surface area contributed by atoms with Gasteiger partial charge in [0.1, 0.15) is 5.41 Å².